The predicted octanol–water partition coefficient (Wildman–Crippen LogP) is 3.92. The van der Waals surface area contributed by atoms with Crippen molar-refractivity contribution < 1.29 is 19.8 Å². The van der Waals surface area contributed by atoms with E-state index in [1.54, 1.807) is 0 Å². The summed E-state index contributed by atoms with van der Waals surface area (Å²) in [5.74, 6) is 3.60. The highest BCUT2D eigenvalue weighted by Crippen LogP contribution is 2.22. The van der Waals surface area contributed by atoms with Gasteiger partial charge in [-0.2, -0.15) is 0 Å². The minimum absolute atomic E-state index is 0.0374. The first-order valence-corrected chi connectivity index (χ1v) is 8.93. The summed E-state index contributed by atoms with van der Waals surface area (Å²) >= 11 is 0. The molecule has 0 aliphatic heterocycles. The lowest BCUT2D eigenvalue weighted by atomic mass is 10.0. The van der Waals surface area contributed by atoms with Gasteiger partial charge >= 0.3 is 5.97 Å². The topological polar surface area (TPSA) is 86.6 Å². The number of carboxylic acid groups (broad SMARTS) is 1. The van der Waals surface area contributed by atoms with Gasteiger partial charge in [-0.05, 0) is 53.1 Å². The summed E-state index contributed by atoms with van der Waals surface area (Å²) in [6.45, 7) is 1.51. The van der Waals surface area contributed by atoms with E-state index >= 15 is 0 Å². The van der Waals surface area contributed by atoms with E-state index in [9.17, 15) is 14.7 Å². The van der Waals surface area contributed by atoms with E-state index in [-0.39, 0.29) is 17.9 Å². The highest BCUT2D eigenvalue weighted by molar-refractivity contribution is 6.07. The van der Waals surface area contributed by atoms with Gasteiger partial charge in [-0.15, -0.1) is 0 Å². The molecule has 0 saturated heterocycles. The first kappa shape index (κ1) is 19.9. The fraction of sp³-hybridized carbons (Fsp3) is 0.0833. The van der Waals surface area contributed by atoms with Crippen molar-refractivity contribution in [2.75, 3.05) is 11.9 Å². The molecule has 0 aliphatic carbocycles. The average molecular weight is 385 g/mol. The number of nitrogens with one attached hydrogen (secondary N) is 1. The molecule has 0 heterocycles. The maximum Gasteiger partial charge on any atom is 0.337 e. The van der Waals surface area contributed by atoms with Crippen molar-refractivity contribution in [2.24, 2.45) is 0 Å². The van der Waals surface area contributed by atoms with Crippen LogP contribution in [0, 0.1) is 11.8 Å². The zero-order valence-electron chi connectivity index (χ0n) is 15.8. The normalized spacial score (nSPS) is 10.9. The van der Waals surface area contributed by atoms with Gasteiger partial charge in [-0.3, -0.25) is 4.79 Å². The number of aromatic carboxylic acids is 1. The molecule has 3 aromatic rings. The van der Waals surface area contributed by atoms with Crippen molar-refractivity contribution in [3.8, 4) is 11.8 Å². The average Bonchev–Trinajstić information content (AvgIpc) is 2.71. The fourth-order valence-electron chi connectivity index (χ4n) is 2.94. The molecule has 0 bridgehead atoms. The molecule has 3 aromatic carbocycles. The third-order valence-electron chi connectivity index (χ3n) is 4.37. The lowest BCUT2D eigenvalue weighted by Gasteiger charge is -2.09. The fourth-order valence-corrected chi connectivity index (χ4v) is 2.94. The third-order valence-corrected chi connectivity index (χ3v) is 4.37. The van der Waals surface area contributed by atoms with E-state index in [1.807, 2.05) is 49.4 Å². The van der Waals surface area contributed by atoms with Gasteiger partial charge in [0.15, 0.2) is 0 Å². The molecule has 0 saturated carbocycles. The Morgan fingerprint density at radius 3 is 2.52 bits per heavy atom. The molecule has 3 N–H and O–H groups in total. The van der Waals surface area contributed by atoms with Crippen LogP contribution in [0.1, 0.15) is 28.4 Å². The maximum absolute atomic E-state index is 12.5. The number of hydrogen-bond donors (Lipinski definition) is 3. The molecule has 0 atom stereocenters. The summed E-state index contributed by atoms with van der Waals surface area (Å²) in [7, 11) is 0. The molecule has 5 nitrogen and oxygen atoms in total. The van der Waals surface area contributed by atoms with Crippen LogP contribution in [0.4, 0.5) is 5.69 Å². The number of hydrogen-bond acceptors (Lipinski definition) is 3. The van der Waals surface area contributed by atoms with Gasteiger partial charge in [0.25, 0.3) is 0 Å². The van der Waals surface area contributed by atoms with E-state index in [1.165, 1.54) is 24.3 Å². The largest absolute Gasteiger partial charge is 0.478 e. The number of aliphatic hydroxyl groups excluding tert-OH is 1. The smallest absolute Gasteiger partial charge is 0.337 e. The van der Waals surface area contributed by atoms with Crippen molar-refractivity contribution in [3.63, 3.8) is 0 Å². The molecule has 144 valence electrons. The van der Waals surface area contributed by atoms with Crippen LogP contribution >= 0.6 is 0 Å². The van der Waals surface area contributed by atoms with Crippen molar-refractivity contribution >= 4 is 33.9 Å². The van der Waals surface area contributed by atoms with E-state index in [0.717, 1.165) is 21.9 Å². The van der Waals surface area contributed by atoms with Crippen LogP contribution in [-0.2, 0) is 4.79 Å². The first-order chi connectivity index (χ1) is 14.0. The zero-order chi connectivity index (χ0) is 20.8. The Bertz CT molecular complexity index is 1180. The Hall–Kier alpha value is -3.88. The Morgan fingerprint density at radius 2 is 1.79 bits per heavy atom. The molecule has 5 heteroatoms. The maximum atomic E-state index is 12.5. The van der Waals surface area contributed by atoms with Crippen LogP contribution in [0.25, 0.3) is 16.3 Å². The van der Waals surface area contributed by atoms with Crippen molar-refractivity contribution in [1.82, 2.24) is 0 Å². The second-order valence-electron chi connectivity index (χ2n) is 6.40. The number of carboxylic acids is 1. The number of allylic oxidation sites excluding steroid dienone is 1. The number of anilines is 1. The molecular formula is C24H19NO4. The Balaban J connectivity index is 1.87. The lowest BCUT2D eigenvalue weighted by molar-refractivity contribution is -0.111. The van der Waals surface area contributed by atoms with Crippen LogP contribution in [0.3, 0.4) is 0 Å². The van der Waals surface area contributed by atoms with Gasteiger partial charge in [-0.1, -0.05) is 48.2 Å². The van der Waals surface area contributed by atoms with Crippen LogP contribution in [0.2, 0.25) is 0 Å². The van der Waals surface area contributed by atoms with E-state index in [0.29, 0.717) is 5.56 Å². The Kier molecular flexibility index (Phi) is 6.08. The number of benzene rings is 3. The molecule has 1 amide bonds. The zero-order valence-corrected chi connectivity index (χ0v) is 15.8. The number of rotatable bonds is 4. The number of carbonyl (C=O) groups excluding carboxylic acids is 1. The molecule has 0 fully saturated rings. The predicted molar refractivity (Wildman–Crippen MR) is 114 cm³/mol. The second-order valence-corrected chi connectivity index (χ2v) is 6.40. The monoisotopic (exact) mass is 385 g/mol. The van der Waals surface area contributed by atoms with Crippen molar-refractivity contribution in [2.45, 2.75) is 6.92 Å². The van der Waals surface area contributed by atoms with E-state index < -0.39 is 11.9 Å². The highest BCUT2D eigenvalue weighted by Gasteiger charge is 2.12. The summed E-state index contributed by atoms with van der Waals surface area (Å²) in [6, 6.07) is 18.3. The van der Waals surface area contributed by atoms with Gasteiger partial charge in [0, 0.05) is 11.6 Å². The molecule has 3 rings (SSSR count). The number of aliphatic hydroxyl groups is 1. The summed E-state index contributed by atoms with van der Waals surface area (Å²) in [6.07, 6.45) is 1.43. The summed E-state index contributed by atoms with van der Waals surface area (Å²) < 4.78 is 0. The van der Waals surface area contributed by atoms with Crippen molar-refractivity contribution in [1.29, 1.82) is 0 Å². The van der Waals surface area contributed by atoms with Crippen LogP contribution in [-0.4, -0.2) is 28.7 Å². The molecular weight excluding hydrogens is 366 g/mol. The first-order valence-electron chi connectivity index (χ1n) is 8.93. The number of carbonyl (C=O) groups is 2. The molecule has 29 heavy (non-hydrogen) atoms. The quantitative estimate of drug-likeness (QED) is 0.469. The Morgan fingerprint density at radius 1 is 1.03 bits per heavy atom. The minimum Gasteiger partial charge on any atom is -0.478 e. The van der Waals surface area contributed by atoms with Crippen LogP contribution in [0.5, 0.6) is 0 Å². The number of amides is 1. The second kappa shape index (κ2) is 8.87. The molecule has 0 spiro atoms. The SMILES string of the molecule is CC(=CC(=O)Nc1cc(C#CCO)ccc1C(=O)O)c1ccc2ccccc2c1. The summed E-state index contributed by atoms with van der Waals surface area (Å²) in [4.78, 5) is 24.0. The van der Waals surface area contributed by atoms with Crippen LogP contribution < -0.4 is 5.32 Å². The summed E-state index contributed by atoms with van der Waals surface area (Å²) in [5, 5.41) is 23.0. The molecule has 0 aliphatic rings. The molecule has 0 aromatic heterocycles. The van der Waals surface area contributed by atoms with E-state index in [2.05, 4.69) is 17.2 Å². The number of fused-ring (bicyclic) bond motifs is 1. The highest BCUT2D eigenvalue weighted by atomic mass is 16.4. The van der Waals surface area contributed by atoms with Crippen molar-refractivity contribution in [3.05, 3.63) is 83.4 Å². The Labute approximate surface area is 168 Å². The standard InChI is InChI=1S/C24H19NO4/c1-16(19-10-9-18-6-2-3-7-20(18)15-19)13-23(27)25-22-14-17(5-4-12-26)8-11-21(22)24(28)29/h2-3,6-11,13-15,26H,12H2,1H3,(H,25,27)(H,28,29). The lowest BCUT2D eigenvalue weighted by Crippen LogP contribution is -2.12. The molecule has 0 unspecified atom stereocenters. The van der Waals surface area contributed by atoms with E-state index in [4.69, 9.17) is 5.11 Å². The third kappa shape index (κ3) is 4.89. The van der Waals surface area contributed by atoms with Gasteiger partial charge < -0.3 is 15.5 Å². The molecule has 0 radical (unpaired) electrons. The van der Waals surface area contributed by atoms with Gasteiger partial charge in [0.1, 0.15) is 6.61 Å². The summed E-state index contributed by atoms with van der Waals surface area (Å²) in [5.41, 5.74) is 2.26. The minimum atomic E-state index is -1.16. The van der Waals surface area contributed by atoms with Gasteiger partial charge in [0.2, 0.25) is 5.91 Å². The van der Waals surface area contributed by atoms with Gasteiger partial charge in [-0.25, -0.2) is 4.79 Å². The van der Waals surface area contributed by atoms with Crippen LogP contribution in [0.15, 0.2) is 66.7 Å². The van der Waals surface area contributed by atoms with Gasteiger partial charge in [0.05, 0.1) is 11.3 Å².